The number of hydrogen-bond donors (Lipinski definition) is 0. The zero-order valence-corrected chi connectivity index (χ0v) is 14.9. The van der Waals surface area contributed by atoms with Crippen LogP contribution >= 0.6 is 0 Å². The van der Waals surface area contributed by atoms with Crippen molar-refractivity contribution in [1.29, 1.82) is 0 Å². The molecular weight excluding hydrogens is 330 g/mol. The molecule has 3 aromatic heterocycles. The standard InChI is InChI=1S/C19H21N5O2/c1-13-12-17-20-9-5-16(24(17)22-13)14-6-10-23(11-7-14)19(25)15-4-3-8-21-18(15)26-2/h3-5,8-9,12,14H,6-7,10-11H2,1-2H3. The van der Waals surface area contributed by atoms with E-state index in [1.165, 1.54) is 7.11 Å². The van der Waals surface area contributed by atoms with Crippen molar-refractivity contribution < 1.29 is 9.53 Å². The minimum Gasteiger partial charge on any atom is -0.480 e. The largest absolute Gasteiger partial charge is 0.480 e. The summed E-state index contributed by atoms with van der Waals surface area (Å²) < 4.78 is 7.15. The Balaban J connectivity index is 1.51. The molecule has 7 nitrogen and oxygen atoms in total. The number of likely N-dealkylation sites (tertiary alicyclic amines) is 1. The van der Waals surface area contributed by atoms with Gasteiger partial charge in [0.1, 0.15) is 5.56 Å². The van der Waals surface area contributed by atoms with E-state index in [1.54, 1.807) is 18.3 Å². The molecule has 26 heavy (non-hydrogen) atoms. The summed E-state index contributed by atoms with van der Waals surface area (Å²) in [6.45, 7) is 3.37. The van der Waals surface area contributed by atoms with E-state index >= 15 is 0 Å². The molecule has 4 rings (SSSR count). The number of methoxy groups -OCH3 is 1. The number of fused-ring (bicyclic) bond motifs is 1. The van der Waals surface area contributed by atoms with Crippen LogP contribution in [0, 0.1) is 6.92 Å². The van der Waals surface area contributed by atoms with Gasteiger partial charge in [0.05, 0.1) is 12.8 Å². The normalized spacial score (nSPS) is 15.4. The van der Waals surface area contributed by atoms with E-state index in [9.17, 15) is 4.79 Å². The molecule has 0 atom stereocenters. The van der Waals surface area contributed by atoms with Crippen molar-refractivity contribution in [3.8, 4) is 5.88 Å². The first-order chi connectivity index (χ1) is 12.7. The predicted octanol–water partition coefficient (Wildman–Crippen LogP) is 2.46. The minimum atomic E-state index is -0.0248. The Morgan fingerprint density at radius 1 is 1.19 bits per heavy atom. The van der Waals surface area contributed by atoms with Gasteiger partial charge < -0.3 is 9.64 Å². The van der Waals surface area contributed by atoms with Crippen LogP contribution in [-0.4, -0.2) is 50.6 Å². The Morgan fingerprint density at radius 2 is 2.00 bits per heavy atom. The lowest BCUT2D eigenvalue weighted by molar-refractivity contribution is 0.0707. The van der Waals surface area contributed by atoms with Crippen molar-refractivity contribution in [2.45, 2.75) is 25.7 Å². The van der Waals surface area contributed by atoms with Crippen LogP contribution in [0.1, 0.15) is 40.5 Å². The van der Waals surface area contributed by atoms with Gasteiger partial charge in [-0.2, -0.15) is 5.10 Å². The summed E-state index contributed by atoms with van der Waals surface area (Å²) in [5, 5.41) is 4.56. The van der Waals surface area contributed by atoms with E-state index < -0.39 is 0 Å². The molecule has 0 aliphatic carbocycles. The number of carbonyl (C=O) groups is 1. The van der Waals surface area contributed by atoms with Gasteiger partial charge >= 0.3 is 0 Å². The highest BCUT2D eigenvalue weighted by atomic mass is 16.5. The number of nitrogens with zero attached hydrogens (tertiary/aromatic N) is 5. The molecule has 1 amide bonds. The van der Waals surface area contributed by atoms with E-state index in [4.69, 9.17) is 4.74 Å². The number of pyridine rings is 1. The van der Waals surface area contributed by atoms with Crippen LogP contribution in [0.5, 0.6) is 5.88 Å². The molecule has 1 saturated heterocycles. The summed E-state index contributed by atoms with van der Waals surface area (Å²) in [7, 11) is 1.53. The van der Waals surface area contributed by atoms with E-state index in [-0.39, 0.29) is 5.91 Å². The molecule has 4 heterocycles. The number of ether oxygens (including phenoxy) is 1. The number of piperidine rings is 1. The topological polar surface area (TPSA) is 72.6 Å². The van der Waals surface area contributed by atoms with E-state index in [0.717, 1.165) is 29.9 Å². The molecule has 134 valence electrons. The Kier molecular flexibility index (Phi) is 4.28. The maximum absolute atomic E-state index is 12.8. The van der Waals surface area contributed by atoms with Crippen molar-refractivity contribution in [3.63, 3.8) is 0 Å². The highest BCUT2D eigenvalue weighted by molar-refractivity contribution is 5.96. The van der Waals surface area contributed by atoms with Crippen molar-refractivity contribution >= 4 is 11.6 Å². The summed E-state index contributed by atoms with van der Waals surface area (Å²) in [4.78, 5) is 23.2. The molecule has 3 aromatic rings. The molecular formula is C19H21N5O2. The van der Waals surface area contributed by atoms with E-state index in [1.807, 2.05) is 34.7 Å². The summed E-state index contributed by atoms with van der Waals surface area (Å²) in [6.07, 6.45) is 5.26. The highest BCUT2D eigenvalue weighted by Gasteiger charge is 2.27. The summed E-state index contributed by atoms with van der Waals surface area (Å²) in [6, 6.07) is 7.54. The zero-order chi connectivity index (χ0) is 18.1. The molecule has 0 saturated carbocycles. The van der Waals surface area contributed by atoms with Gasteiger partial charge in [-0.25, -0.2) is 14.5 Å². The van der Waals surface area contributed by atoms with Crippen molar-refractivity contribution in [1.82, 2.24) is 24.5 Å². The average Bonchev–Trinajstić information content (AvgIpc) is 3.07. The first-order valence-corrected chi connectivity index (χ1v) is 8.77. The second-order valence-corrected chi connectivity index (χ2v) is 6.55. The summed E-state index contributed by atoms with van der Waals surface area (Å²) in [5.41, 5.74) is 3.51. The number of amides is 1. The lowest BCUT2D eigenvalue weighted by Crippen LogP contribution is -2.38. The van der Waals surface area contributed by atoms with Crippen LogP contribution in [0.3, 0.4) is 0 Å². The second-order valence-electron chi connectivity index (χ2n) is 6.55. The molecule has 7 heteroatoms. The van der Waals surface area contributed by atoms with Crippen LogP contribution in [0.2, 0.25) is 0 Å². The molecule has 1 fully saturated rings. The van der Waals surface area contributed by atoms with Gasteiger partial charge in [-0.1, -0.05) is 0 Å². The Labute approximate surface area is 151 Å². The molecule has 0 N–H and O–H groups in total. The van der Waals surface area contributed by atoms with Gasteiger partial charge in [0.15, 0.2) is 5.65 Å². The minimum absolute atomic E-state index is 0.0248. The highest BCUT2D eigenvalue weighted by Crippen LogP contribution is 2.29. The zero-order valence-electron chi connectivity index (χ0n) is 14.9. The third-order valence-corrected chi connectivity index (χ3v) is 4.90. The molecule has 0 bridgehead atoms. The van der Waals surface area contributed by atoms with Crippen LogP contribution in [-0.2, 0) is 0 Å². The fourth-order valence-corrected chi connectivity index (χ4v) is 3.60. The number of aromatic nitrogens is 4. The first-order valence-electron chi connectivity index (χ1n) is 8.77. The third kappa shape index (κ3) is 2.89. The monoisotopic (exact) mass is 351 g/mol. The van der Waals surface area contributed by atoms with Crippen LogP contribution in [0.15, 0.2) is 36.7 Å². The molecule has 0 unspecified atom stereocenters. The molecule has 0 spiro atoms. The smallest absolute Gasteiger partial charge is 0.259 e. The van der Waals surface area contributed by atoms with Crippen molar-refractivity contribution in [2.75, 3.05) is 20.2 Å². The molecule has 0 radical (unpaired) electrons. The molecule has 1 aliphatic rings. The summed E-state index contributed by atoms with van der Waals surface area (Å²) >= 11 is 0. The Hall–Kier alpha value is -2.96. The average molecular weight is 351 g/mol. The Bertz CT molecular complexity index is 944. The number of hydrogen-bond acceptors (Lipinski definition) is 5. The van der Waals surface area contributed by atoms with E-state index in [0.29, 0.717) is 30.5 Å². The summed E-state index contributed by atoms with van der Waals surface area (Å²) in [5.74, 6) is 0.713. The lowest BCUT2D eigenvalue weighted by atomic mass is 9.93. The van der Waals surface area contributed by atoms with Gasteiger partial charge in [-0.3, -0.25) is 4.79 Å². The van der Waals surface area contributed by atoms with Gasteiger partial charge in [0, 0.05) is 43.2 Å². The van der Waals surface area contributed by atoms with Gasteiger partial charge in [-0.15, -0.1) is 0 Å². The quantitative estimate of drug-likeness (QED) is 0.725. The van der Waals surface area contributed by atoms with Crippen LogP contribution in [0.25, 0.3) is 5.65 Å². The van der Waals surface area contributed by atoms with Gasteiger partial charge in [-0.05, 0) is 38.0 Å². The van der Waals surface area contributed by atoms with Crippen LogP contribution < -0.4 is 4.74 Å². The first kappa shape index (κ1) is 16.5. The number of aryl methyl sites for hydroxylation is 1. The number of carbonyl (C=O) groups excluding carboxylic acids is 1. The van der Waals surface area contributed by atoms with Crippen molar-refractivity contribution in [3.05, 3.63) is 53.6 Å². The molecule has 0 aromatic carbocycles. The van der Waals surface area contributed by atoms with Gasteiger partial charge in [0.2, 0.25) is 5.88 Å². The third-order valence-electron chi connectivity index (χ3n) is 4.90. The maximum Gasteiger partial charge on any atom is 0.259 e. The SMILES string of the molecule is COc1ncccc1C(=O)N1CCC(c2ccnc3cc(C)nn23)CC1. The predicted molar refractivity (Wildman–Crippen MR) is 96.4 cm³/mol. The molecule has 1 aliphatic heterocycles. The number of rotatable bonds is 3. The Morgan fingerprint density at radius 3 is 2.77 bits per heavy atom. The maximum atomic E-state index is 12.8. The van der Waals surface area contributed by atoms with E-state index in [2.05, 4.69) is 15.1 Å². The fraction of sp³-hybridized carbons (Fsp3) is 0.368. The fourth-order valence-electron chi connectivity index (χ4n) is 3.60. The van der Waals surface area contributed by atoms with Crippen LogP contribution in [0.4, 0.5) is 0 Å². The lowest BCUT2D eigenvalue weighted by Gasteiger charge is -2.32. The van der Waals surface area contributed by atoms with Crippen molar-refractivity contribution in [2.24, 2.45) is 0 Å². The van der Waals surface area contributed by atoms with Gasteiger partial charge in [0.25, 0.3) is 5.91 Å². The second kappa shape index (κ2) is 6.74.